The molecule has 116 valence electrons. The average Bonchev–Trinajstić information content (AvgIpc) is 3.22. The van der Waals surface area contributed by atoms with Gasteiger partial charge in [0.05, 0.1) is 6.61 Å². The van der Waals surface area contributed by atoms with E-state index >= 15 is 0 Å². The number of para-hydroxylation sites is 2. The molecule has 1 saturated heterocycles. The van der Waals surface area contributed by atoms with Crippen molar-refractivity contribution in [2.45, 2.75) is 6.23 Å². The minimum Gasteiger partial charge on any atom is -0.361 e. The summed E-state index contributed by atoms with van der Waals surface area (Å²) < 4.78 is 5.96. The molecule has 0 spiro atoms. The number of anilines is 1. The van der Waals surface area contributed by atoms with Gasteiger partial charge >= 0.3 is 0 Å². The number of H-pyrrole nitrogens is 1. The highest BCUT2D eigenvalue weighted by molar-refractivity contribution is 7.80. The fourth-order valence-electron chi connectivity index (χ4n) is 2.95. The van der Waals surface area contributed by atoms with Crippen LogP contribution in [0.25, 0.3) is 10.9 Å². The molecule has 1 atom stereocenters. The predicted molar refractivity (Wildman–Crippen MR) is 96.4 cm³/mol. The lowest BCUT2D eigenvalue weighted by atomic mass is 10.1. The van der Waals surface area contributed by atoms with Gasteiger partial charge in [0.25, 0.3) is 0 Å². The van der Waals surface area contributed by atoms with Crippen molar-refractivity contribution < 1.29 is 4.74 Å². The molecule has 3 aromatic rings. The van der Waals surface area contributed by atoms with Gasteiger partial charge in [-0.25, -0.2) is 0 Å². The molecule has 1 aromatic heterocycles. The Labute approximate surface area is 140 Å². The van der Waals surface area contributed by atoms with Gasteiger partial charge in [-0.3, -0.25) is 0 Å². The molecule has 23 heavy (non-hydrogen) atoms. The van der Waals surface area contributed by atoms with Crippen LogP contribution in [0, 0.1) is 0 Å². The van der Waals surface area contributed by atoms with Crippen molar-refractivity contribution in [2.75, 3.05) is 18.5 Å². The number of hydrogen-bond acceptors (Lipinski definition) is 2. The summed E-state index contributed by atoms with van der Waals surface area (Å²) in [5, 5.41) is 5.15. The van der Waals surface area contributed by atoms with Gasteiger partial charge in [-0.05, 0) is 30.4 Å². The summed E-state index contributed by atoms with van der Waals surface area (Å²) in [4.78, 5) is 5.40. The fraction of sp³-hybridized carbons (Fsp3) is 0.167. The lowest BCUT2D eigenvalue weighted by Gasteiger charge is -2.26. The second-order valence-electron chi connectivity index (χ2n) is 5.50. The van der Waals surface area contributed by atoms with Crippen molar-refractivity contribution in [1.29, 1.82) is 0 Å². The van der Waals surface area contributed by atoms with E-state index in [4.69, 9.17) is 17.0 Å². The van der Waals surface area contributed by atoms with Crippen molar-refractivity contribution in [2.24, 2.45) is 0 Å². The summed E-state index contributed by atoms with van der Waals surface area (Å²) in [5.41, 5.74) is 3.22. The van der Waals surface area contributed by atoms with E-state index in [1.54, 1.807) is 0 Å². The van der Waals surface area contributed by atoms with Crippen molar-refractivity contribution >= 4 is 33.9 Å². The zero-order valence-electron chi connectivity index (χ0n) is 12.5. The molecule has 0 bridgehead atoms. The lowest BCUT2D eigenvalue weighted by molar-refractivity contribution is 0.0654. The van der Waals surface area contributed by atoms with Crippen LogP contribution in [0.1, 0.15) is 11.8 Å². The first-order valence-electron chi connectivity index (χ1n) is 7.63. The van der Waals surface area contributed by atoms with Gasteiger partial charge in [0.1, 0.15) is 0 Å². The third-order valence-corrected chi connectivity index (χ3v) is 4.40. The first kappa shape index (κ1) is 14.2. The van der Waals surface area contributed by atoms with Gasteiger partial charge in [-0.2, -0.15) is 0 Å². The number of aromatic nitrogens is 1. The van der Waals surface area contributed by atoms with Gasteiger partial charge in [-0.15, -0.1) is 0 Å². The Hall–Kier alpha value is -2.37. The van der Waals surface area contributed by atoms with Crippen molar-refractivity contribution in [1.82, 2.24) is 9.88 Å². The number of hydrogen-bond donors (Lipinski definition) is 2. The van der Waals surface area contributed by atoms with E-state index in [9.17, 15) is 0 Å². The number of nitrogens with one attached hydrogen (secondary N) is 2. The van der Waals surface area contributed by atoms with Crippen LogP contribution in [-0.4, -0.2) is 28.1 Å². The molecule has 0 amide bonds. The number of thiocarbonyl (C=S) groups is 1. The molecule has 0 aliphatic carbocycles. The van der Waals surface area contributed by atoms with Crippen LogP contribution >= 0.6 is 12.2 Å². The molecule has 1 aliphatic rings. The quantitative estimate of drug-likeness (QED) is 0.702. The number of ether oxygens (including phenoxy) is 1. The average molecular weight is 323 g/mol. The summed E-state index contributed by atoms with van der Waals surface area (Å²) in [7, 11) is 0. The van der Waals surface area contributed by atoms with Gasteiger partial charge < -0.3 is 19.9 Å². The van der Waals surface area contributed by atoms with E-state index in [2.05, 4.69) is 27.3 Å². The molecule has 2 heterocycles. The van der Waals surface area contributed by atoms with E-state index in [0.717, 1.165) is 23.3 Å². The number of fused-ring (bicyclic) bond motifs is 1. The molecule has 2 aromatic carbocycles. The zero-order chi connectivity index (χ0) is 15.6. The highest BCUT2D eigenvalue weighted by Gasteiger charge is 2.30. The second kappa shape index (κ2) is 6.02. The molecular formula is C18H17N3OS. The molecule has 0 saturated carbocycles. The minimum absolute atomic E-state index is 0.158. The number of aromatic amines is 1. The van der Waals surface area contributed by atoms with Gasteiger partial charge in [0.2, 0.25) is 0 Å². The Balaban J connectivity index is 1.60. The largest absolute Gasteiger partial charge is 0.361 e. The van der Waals surface area contributed by atoms with Gasteiger partial charge in [-0.1, -0.05) is 36.4 Å². The molecule has 4 nitrogen and oxygen atoms in total. The Kier molecular flexibility index (Phi) is 3.73. The van der Waals surface area contributed by atoms with Crippen LogP contribution in [-0.2, 0) is 4.74 Å². The Morgan fingerprint density at radius 2 is 1.91 bits per heavy atom. The molecule has 1 aliphatic heterocycles. The van der Waals surface area contributed by atoms with Gasteiger partial charge in [0, 0.05) is 34.9 Å². The smallest absolute Gasteiger partial charge is 0.175 e. The summed E-state index contributed by atoms with van der Waals surface area (Å²) in [6.45, 7) is 1.45. The van der Waals surface area contributed by atoms with Crippen molar-refractivity contribution in [3.63, 3.8) is 0 Å². The normalized spacial score (nSPS) is 17.6. The van der Waals surface area contributed by atoms with Crippen LogP contribution < -0.4 is 5.32 Å². The maximum atomic E-state index is 5.96. The van der Waals surface area contributed by atoms with Crippen LogP contribution in [0.2, 0.25) is 0 Å². The number of nitrogens with zero attached hydrogens (tertiary/aromatic N) is 1. The fourth-order valence-corrected chi connectivity index (χ4v) is 3.26. The maximum Gasteiger partial charge on any atom is 0.175 e. The topological polar surface area (TPSA) is 40.3 Å². The summed E-state index contributed by atoms with van der Waals surface area (Å²) in [6.07, 6.45) is 1.86. The monoisotopic (exact) mass is 323 g/mol. The third-order valence-electron chi connectivity index (χ3n) is 4.06. The molecule has 1 unspecified atom stereocenters. The molecular weight excluding hydrogens is 306 g/mol. The molecule has 0 radical (unpaired) electrons. The molecule has 4 rings (SSSR count). The molecule has 1 fully saturated rings. The Morgan fingerprint density at radius 1 is 1.13 bits per heavy atom. The zero-order valence-corrected chi connectivity index (χ0v) is 13.3. The van der Waals surface area contributed by atoms with Crippen molar-refractivity contribution in [3.8, 4) is 0 Å². The van der Waals surface area contributed by atoms with Crippen LogP contribution in [0.15, 0.2) is 60.8 Å². The highest BCUT2D eigenvalue weighted by atomic mass is 32.1. The molecule has 5 heteroatoms. The van der Waals surface area contributed by atoms with Crippen molar-refractivity contribution in [3.05, 3.63) is 66.4 Å². The van der Waals surface area contributed by atoms with Crippen LogP contribution in [0.3, 0.4) is 0 Å². The number of rotatable bonds is 2. The minimum atomic E-state index is -0.158. The van der Waals surface area contributed by atoms with E-state index in [1.165, 1.54) is 5.39 Å². The lowest BCUT2D eigenvalue weighted by Crippen LogP contribution is -2.34. The summed E-state index contributed by atoms with van der Waals surface area (Å²) in [6, 6.07) is 18.2. The predicted octanol–water partition coefficient (Wildman–Crippen LogP) is 3.90. The van der Waals surface area contributed by atoms with Crippen LogP contribution in [0.5, 0.6) is 0 Å². The third kappa shape index (κ3) is 2.69. The summed E-state index contributed by atoms with van der Waals surface area (Å²) in [5.74, 6) is 0. The Bertz CT molecular complexity index is 830. The highest BCUT2D eigenvalue weighted by Crippen LogP contribution is 2.32. The summed E-state index contributed by atoms with van der Waals surface area (Å²) >= 11 is 5.59. The maximum absolute atomic E-state index is 5.96. The van der Waals surface area contributed by atoms with E-state index in [0.29, 0.717) is 11.7 Å². The first-order valence-corrected chi connectivity index (χ1v) is 8.04. The van der Waals surface area contributed by atoms with Gasteiger partial charge in [0.15, 0.2) is 11.3 Å². The SMILES string of the molecule is S=C(Nc1ccccc1)N1CCOC1c1c[nH]c2ccccc12. The second-order valence-corrected chi connectivity index (χ2v) is 5.89. The first-order chi connectivity index (χ1) is 11.3. The number of benzene rings is 2. The Morgan fingerprint density at radius 3 is 2.78 bits per heavy atom. The molecule has 2 N–H and O–H groups in total. The van der Waals surface area contributed by atoms with E-state index in [-0.39, 0.29) is 6.23 Å². The van der Waals surface area contributed by atoms with Crippen LogP contribution in [0.4, 0.5) is 5.69 Å². The van der Waals surface area contributed by atoms with E-state index < -0.39 is 0 Å². The standard InChI is InChI=1S/C18H17N3OS/c23-18(20-13-6-2-1-3-7-13)21-10-11-22-17(21)15-12-19-16-9-5-4-8-14(15)16/h1-9,12,17,19H,10-11H2,(H,20,23). The van der Waals surface area contributed by atoms with E-state index in [1.807, 2.05) is 48.7 Å².